The van der Waals surface area contributed by atoms with E-state index in [1.165, 1.54) is 37.9 Å². The van der Waals surface area contributed by atoms with E-state index in [2.05, 4.69) is 5.32 Å². The molecular formula is C21H24FNO5S. The molecule has 0 aromatic heterocycles. The van der Waals surface area contributed by atoms with Crippen LogP contribution in [-0.4, -0.2) is 38.0 Å². The predicted molar refractivity (Wildman–Crippen MR) is 109 cm³/mol. The molecule has 0 heterocycles. The summed E-state index contributed by atoms with van der Waals surface area (Å²) in [5.74, 6) is 0.486. The molecule has 0 saturated carbocycles. The summed E-state index contributed by atoms with van der Waals surface area (Å²) in [6.07, 6.45) is -0.756. The van der Waals surface area contributed by atoms with Crippen molar-refractivity contribution in [3.63, 3.8) is 0 Å². The van der Waals surface area contributed by atoms with Gasteiger partial charge in [0, 0.05) is 17.2 Å². The average Bonchev–Trinajstić information content (AvgIpc) is 2.73. The molecule has 0 aliphatic carbocycles. The number of halogens is 1. The average molecular weight is 421 g/mol. The van der Waals surface area contributed by atoms with E-state index in [1.807, 2.05) is 6.07 Å². The molecule has 156 valence electrons. The fourth-order valence-electron chi connectivity index (χ4n) is 2.42. The number of nitrogens with one attached hydrogen (secondary N) is 1. The molecule has 8 heteroatoms. The van der Waals surface area contributed by atoms with Crippen LogP contribution in [0.2, 0.25) is 0 Å². The largest absolute Gasteiger partial charge is 0.493 e. The Morgan fingerprint density at radius 2 is 1.76 bits per heavy atom. The fourth-order valence-corrected chi connectivity index (χ4v) is 3.25. The van der Waals surface area contributed by atoms with E-state index < -0.39 is 12.1 Å². The highest BCUT2D eigenvalue weighted by Gasteiger charge is 2.17. The highest BCUT2D eigenvalue weighted by molar-refractivity contribution is 7.99. The fraction of sp³-hybridized carbons (Fsp3) is 0.333. The summed E-state index contributed by atoms with van der Waals surface area (Å²) in [6.45, 7) is 1.79. The third kappa shape index (κ3) is 7.30. The smallest absolute Gasteiger partial charge is 0.307 e. The Morgan fingerprint density at radius 1 is 1.07 bits per heavy atom. The predicted octanol–water partition coefficient (Wildman–Crippen LogP) is 3.57. The first kappa shape index (κ1) is 22.5. The van der Waals surface area contributed by atoms with Crippen LogP contribution in [0, 0.1) is 5.82 Å². The maximum Gasteiger partial charge on any atom is 0.307 e. The summed E-state index contributed by atoms with van der Waals surface area (Å²) in [7, 11) is 3.09. The molecule has 0 radical (unpaired) electrons. The Labute approximate surface area is 173 Å². The zero-order valence-corrected chi connectivity index (χ0v) is 17.4. The molecule has 6 nitrogen and oxygen atoms in total. The minimum Gasteiger partial charge on any atom is -0.493 e. The van der Waals surface area contributed by atoms with E-state index >= 15 is 0 Å². The molecule has 1 unspecified atom stereocenters. The number of esters is 1. The Balaban J connectivity index is 1.73. The summed E-state index contributed by atoms with van der Waals surface area (Å²) in [5.41, 5.74) is 0.824. The molecule has 2 aromatic carbocycles. The van der Waals surface area contributed by atoms with E-state index in [1.54, 1.807) is 31.4 Å². The van der Waals surface area contributed by atoms with Crippen molar-refractivity contribution in [2.24, 2.45) is 0 Å². The number of benzene rings is 2. The van der Waals surface area contributed by atoms with Gasteiger partial charge in [-0.25, -0.2) is 4.39 Å². The van der Waals surface area contributed by atoms with E-state index in [4.69, 9.17) is 14.2 Å². The van der Waals surface area contributed by atoms with Crippen LogP contribution in [0.15, 0.2) is 47.4 Å². The monoisotopic (exact) mass is 421 g/mol. The lowest BCUT2D eigenvalue weighted by atomic mass is 10.2. The lowest BCUT2D eigenvalue weighted by Crippen LogP contribution is -2.35. The van der Waals surface area contributed by atoms with Crippen LogP contribution in [-0.2, 0) is 20.9 Å². The SMILES string of the molecule is COc1ccc(CNC(=O)C(C)OC(=O)CCSc2ccc(F)cc2)cc1OC. The van der Waals surface area contributed by atoms with Crippen LogP contribution in [0.5, 0.6) is 11.5 Å². The quantitative estimate of drug-likeness (QED) is 0.467. The van der Waals surface area contributed by atoms with Crippen LogP contribution >= 0.6 is 11.8 Å². The Morgan fingerprint density at radius 3 is 2.41 bits per heavy atom. The first-order valence-corrected chi connectivity index (χ1v) is 9.98. The normalized spacial score (nSPS) is 11.4. The molecule has 1 amide bonds. The summed E-state index contributed by atoms with van der Waals surface area (Å²) in [6, 6.07) is 11.4. The second-order valence-electron chi connectivity index (χ2n) is 6.09. The van der Waals surface area contributed by atoms with Gasteiger partial charge in [-0.15, -0.1) is 11.8 Å². The summed E-state index contributed by atoms with van der Waals surface area (Å²) < 4.78 is 28.4. The third-order valence-corrected chi connectivity index (χ3v) is 4.99. The van der Waals surface area contributed by atoms with Crippen molar-refractivity contribution in [3.8, 4) is 11.5 Å². The van der Waals surface area contributed by atoms with Gasteiger partial charge in [-0.1, -0.05) is 6.07 Å². The van der Waals surface area contributed by atoms with Gasteiger partial charge in [0.25, 0.3) is 5.91 Å². The first-order chi connectivity index (χ1) is 13.9. The number of thioether (sulfide) groups is 1. The van der Waals surface area contributed by atoms with Gasteiger partial charge in [0.05, 0.1) is 20.6 Å². The molecule has 29 heavy (non-hydrogen) atoms. The second kappa shape index (κ2) is 11.3. The zero-order chi connectivity index (χ0) is 21.2. The number of carbonyl (C=O) groups is 2. The van der Waals surface area contributed by atoms with E-state index in [-0.39, 0.29) is 24.7 Å². The van der Waals surface area contributed by atoms with Gasteiger partial charge >= 0.3 is 5.97 Å². The van der Waals surface area contributed by atoms with Crippen LogP contribution in [0.3, 0.4) is 0 Å². The lowest BCUT2D eigenvalue weighted by molar-refractivity contribution is -0.154. The number of ether oxygens (including phenoxy) is 3. The number of amides is 1. The number of hydrogen-bond acceptors (Lipinski definition) is 6. The molecule has 0 spiro atoms. The van der Waals surface area contributed by atoms with Crippen molar-refractivity contribution in [2.75, 3.05) is 20.0 Å². The molecule has 1 atom stereocenters. The third-order valence-electron chi connectivity index (χ3n) is 3.98. The molecule has 0 bridgehead atoms. The molecule has 0 saturated heterocycles. The van der Waals surface area contributed by atoms with Crippen molar-refractivity contribution < 1.29 is 28.2 Å². The van der Waals surface area contributed by atoms with Gasteiger partial charge in [0.1, 0.15) is 5.82 Å². The molecule has 2 aromatic rings. The van der Waals surface area contributed by atoms with Crippen LogP contribution in [0.1, 0.15) is 18.9 Å². The van der Waals surface area contributed by atoms with Gasteiger partial charge in [-0.2, -0.15) is 0 Å². The van der Waals surface area contributed by atoms with Crippen molar-refractivity contribution in [1.29, 1.82) is 0 Å². The molecule has 0 aliphatic heterocycles. The van der Waals surface area contributed by atoms with Crippen LogP contribution in [0.25, 0.3) is 0 Å². The second-order valence-corrected chi connectivity index (χ2v) is 7.26. The Kier molecular flexibility index (Phi) is 8.79. The van der Waals surface area contributed by atoms with E-state index in [0.717, 1.165) is 10.5 Å². The minimum absolute atomic E-state index is 0.148. The van der Waals surface area contributed by atoms with Gasteiger partial charge < -0.3 is 19.5 Å². The molecule has 0 fully saturated rings. The van der Waals surface area contributed by atoms with Gasteiger partial charge in [0.15, 0.2) is 17.6 Å². The zero-order valence-electron chi connectivity index (χ0n) is 16.6. The minimum atomic E-state index is -0.904. The number of methoxy groups -OCH3 is 2. The van der Waals surface area contributed by atoms with Crippen LogP contribution in [0.4, 0.5) is 4.39 Å². The Bertz CT molecular complexity index is 828. The lowest BCUT2D eigenvalue weighted by Gasteiger charge is -2.14. The summed E-state index contributed by atoms with van der Waals surface area (Å²) in [4.78, 5) is 25.0. The molecule has 1 N–H and O–H groups in total. The molecule has 0 aliphatic rings. The number of carbonyl (C=O) groups excluding carboxylic acids is 2. The van der Waals surface area contributed by atoms with E-state index in [0.29, 0.717) is 17.3 Å². The highest BCUT2D eigenvalue weighted by atomic mass is 32.2. The van der Waals surface area contributed by atoms with Crippen molar-refractivity contribution >= 4 is 23.6 Å². The first-order valence-electron chi connectivity index (χ1n) is 8.99. The van der Waals surface area contributed by atoms with Gasteiger partial charge in [-0.05, 0) is 48.9 Å². The topological polar surface area (TPSA) is 73.9 Å². The van der Waals surface area contributed by atoms with Crippen molar-refractivity contribution in [3.05, 3.63) is 53.8 Å². The van der Waals surface area contributed by atoms with Crippen LogP contribution < -0.4 is 14.8 Å². The molecule has 2 rings (SSSR count). The summed E-state index contributed by atoms with van der Waals surface area (Å²) >= 11 is 1.42. The van der Waals surface area contributed by atoms with Crippen molar-refractivity contribution in [1.82, 2.24) is 5.32 Å². The van der Waals surface area contributed by atoms with Crippen molar-refractivity contribution in [2.45, 2.75) is 30.9 Å². The van der Waals surface area contributed by atoms with Gasteiger partial charge in [0.2, 0.25) is 0 Å². The maximum atomic E-state index is 12.9. The van der Waals surface area contributed by atoms with E-state index in [9.17, 15) is 14.0 Å². The van der Waals surface area contributed by atoms with Gasteiger partial charge in [-0.3, -0.25) is 9.59 Å². The molecular weight excluding hydrogens is 397 g/mol. The number of rotatable bonds is 10. The Hall–Kier alpha value is -2.74. The maximum absolute atomic E-state index is 12.9. The summed E-state index contributed by atoms with van der Waals surface area (Å²) in [5, 5.41) is 2.73. The number of hydrogen-bond donors (Lipinski definition) is 1. The highest BCUT2D eigenvalue weighted by Crippen LogP contribution is 2.27. The standard InChI is InChI=1S/C21H24FNO5S/c1-14(28-20(24)10-11-29-17-7-5-16(22)6-8-17)21(25)23-13-15-4-9-18(26-2)19(12-15)27-3/h4-9,12,14H,10-11,13H2,1-3H3,(H,23,25).